The van der Waals surface area contributed by atoms with Gasteiger partial charge in [0.05, 0.1) is 11.1 Å². The number of rotatable bonds is 2. The fourth-order valence-corrected chi connectivity index (χ4v) is 2.14. The van der Waals surface area contributed by atoms with E-state index in [-0.39, 0.29) is 16.8 Å². The van der Waals surface area contributed by atoms with Crippen molar-refractivity contribution in [2.24, 2.45) is 0 Å². The number of hydrogen-bond donors (Lipinski definition) is 2. The first-order chi connectivity index (χ1) is 9.70. The van der Waals surface area contributed by atoms with E-state index in [4.69, 9.17) is 10.5 Å². The molecule has 0 aliphatic rings. The summed E-state index contributed by atoms with van der Waals surface area (Å²) in [6.07, 6.45) is 0. The summed E-state index contributed by atoms with van der Waals surface area (Å²) >= 11 is 0. The molecule has 110 valence electrons. The van der Waals surface area contributed by atoms with Crippen molar-refractivity contribution in [3.05, 3.63) is 41.5 Å². The first-order valence-corrected chi connectivity index (χ1v) is 6.48. The van der Waals surface area contributed by atoms with Crippen molar-refractivity contribution in [2.75, 3.05) is 5.73 Å². The van der Waals surface area contributed by atoms with E-state index in [2.05, 4.69) is 0 Å². The number of benzene rings is 2. The van der Waals surface area contributed by atoms with Gasteiger partial charge in [-0.3, -0.25) is 0 Å². The molecule has 3 N–H and O–H groups in total. The van der Waals surface area contributed by atoms with Crippen molar-refractivity contribution in [3.63, 3.8) is 0 Å². The minimum atomic E-state index is -1.25. The molecule has 0 heterocycles. The third kappa shape index (κ3) is 2.97. The maximum atomic E-state index is 12.4. The Balaban J connectivity index is 2.77. The lowest BCUT2D eigenvalue weighted by Gasteiger charge is -2.21. The molecule has 5 heteroatoms. The second-order valence-corrected chi connectivity index (χ2v) is 5.74. The highest BCUT2D eigenvalue weighted by Crippen LogP contribution is 2.29. The van der Waals surface area contributed by atoms with Crippen LogP contribution in [-0.4, -0.2) is 22.6 Å². The number of nitrogen functional groups attached to an aromatic ring is 1. The number of aromatic carboxylic acids is 1. The van der Waals surface area contributed by atoms with E-state index in [9.17, 15) is 14.7 Å². The molecular formula is C16H17NO4. The van der Waals surface area contributed by atoms with Crippen LogP contribution in [0.5, 0.6) is 0 Å². The molecule has 5 nitrogen and oxygen atoms in total. The second kappa shape index (κ2) is 5.09. The maximum absolute atomic E-state index is 12.4. The monoisotopic (exact) mass is 287 g/mol. The van der Waals surface area contributed by atoms with Gasteiger partial charge in [-0.15, -0.1) is 0 Å². The number of ether oxygens (including phenoxy) is 1. The summed E-state index contributed by atoms with van der Waals surface area (Å²) in [5.41, 5.74) is 4.90. The number of fused-ring (bicyclic) bond motifs is 1. The normalized spacial score (nSPS) is 11.4. The predicted octanol–water partition coefficient (Wildman–Crippen LogP) is 3.08. The molecule has 2 aromatic carbocycles. The van der Waals surface area contributed by atoms with E-state index in [0.29, 0.717) is 10.8 Å². The van der Waals surface area contributed by atoms with Crippen LogP contribution in [0.1, 0.15) is 41.5 Å². The van der Waals surface area contributed by atoms with Crippen molar-refractivity contribution in [2.45, 2.75) is 26.4 Å². The Kier molecular flexibility index (Phi) is 3.60. The Morgan fingerprint density at radius 2 is 1.76 bits per heavy atom. The summed E-state index contributed by atoms with van der Waals surface area (Å²) in [5.74, 6) is -1.94. The number of carboxylic acids is 1. The lowest BCUT2D eigenvalue weighted by Crippen LogP contribution is -2.25. The molecule has 0 saturated heterocycles. The van der Waals surface area contributed by atoms with Crippen LogP contribution in [-0.2, 0) is 4.74 Å². The zero-order valence-corrected chi connectivity index (χ0v) is 12.1. The highest BCUT2D eigenvalue weighted by atomic mass is 16.6. The molecule has 0 aromatic heterocycles. The van der Waals surface area contributed by atoms with Gasteiger partial charge in [0.15, 0.2) is 0 Å². The van der Waals surface area contributed by atoms with Crippen LogP contribution >= 0.6 is 0 Å². The van der Waals surface area contributed by atoms with Gasteiger partial charge < -0.3 is 15.6 Å². The highest BCUT2D eigenvalue weighted by molar-refractivity contribution is 6.15. The van der Waals surface area contributed by atoms with E-state index >= 15 is 0 Å². The molecule has 0 radical (unpaired) electrons. The molecule has 21 heavy (non-hydrogen) atoms. The first kappa shape index (κ1) is 14.8. The number of esters is 1. The maximum Gasteiger partial charge on any atom is 0.340 e. The van der Waals surface area contributed by atoms with Gasteiger partial charge in [-0.05, 0) is 37.6 Å². The van der Waals surface area contributed by atoms with Crippen molar-refractivity contribution in [1.82, 2.24) is 0 Å². The number of hydrogen-bond acceptors (Lipinski definition) is 4. The van der Waals surface area contributed by atoms with Crippen LogP contribution in [0.2, 0.25) is 0 Å². The highest BCUT2D eigenvalue weighted by Gasteiger charge is 2.27. The van der Waals surface area contributed by atoms with Gasteiger partial charge in [0.2, 0.25) is 0 Å². The second-order valence-electron chi connectivity index (χ2n) is 5.74. The van der Waals surface area contributed by atoms with Crippen molar-refractivity contribution >= 4 is 28.4 Å². The Bertz CT molecular complexity index is 729. The number of nitrogens with two attached hydrogens (primary N) is 1. The lowest BCUT2D eigenvalue weighted by molar-refractivity contribution is 0.00683. The van der Waals surface area contributed by atoms with E-state index in [1.165, 1.54) is 0 Å². The van der Waals surface area contributed by atoms with Gasteiger partial charge in [-0.2, -0.15) is 0 Å². The average molecular weight is 287 g/mol. The molecule has 0 aliphatic carbocycles. The zero-order chi connectivity index (χ0) is 15.8. The number of carboxylic acid groups (broad SMARTS) is 1. The van der Waals surface area contributed by atoms with Crippen LogP contribution in [0, 0.1) is 0 Å². The first-order valence-electron chi connectivity index (χ1n) is 6.48. The SMILES string of the molecule is CC(C)(C)OC(=O)c1c(C(=O)O)c(N)cc2ccccc12. The molecule has 0 atom stereocenters. The van der Waals surface area contributed by atoms with E-state index in [0.717, 1.165) is 0 Å². The van der Waals surface area contributed by atoms with Crippen LogP contribution in [0.15, 0.2) is 30.3 Å². The van der Waals surface area contributed by atoms with E-state index in [1.807, 2.05) is 0 Å². The summed E-state index contributed by atoms with van der Waals surface area (Å²) in [5, 5.41) is 10.6. The van der Waals surface area contributed by atoms with Crippen LogP contribution in [0.25, 0.3) is 10.8 Å². The summed E-state index contributed by atoms with van der Waals surface area (Å²) < 4.78 is 5.32. The van der Waals surface area contributed by atoms with Gasteiger partial charge in [0.1, 0.15) is 5.60 Å². The van der Waals surface area contributed by atoms with Crippen molar-refractivity contribution in [1.29, 1.82) is 0 Å². The zero-order valence-electron chi connectivity index (χ0n) is 12.1. The number of anilines is 1. The van der Waals surface area contributed by atoms with Crippen LogP contribution in [0.4, 0.5) is 5.69 Å². The summed E-state index contributed by atoms with van der Waals surface area (Å²) in [7, 11) is 0. The van der Waals surface area contributed by atoms with Gasteiger partial charge in [-0.25, -0.2) is 9.59 Å². The minimum absolute atomic E-state index is 0.00646. The Morgan fingerprint density at radius 3 is 2.33 bits per heavy atom. The quantitative estimate of drug-likeness (QED) is 0.654. The fraction of sp³-hybridized carbons (Fsp3) is 0.250. The molecule has 0 saturated carbocycles. The smallest absolute Gasteiger partial charge is 0.340 e. The summed E-state index contributed by atoms with van der Waals surface area (Å²) in [6.45, 7) is 5.17. The number of carbonyl (C=O) groups is 2. The fourth-order valence-electron chi connectivity index (χ4n) is 2.14. The summed E-state index contributed by atoms with van der Waals surface area (Å²) in [4.78, 5) is 23.9. The van der Waals surface area contributed by atoms with Crippen molar-refractivity contribution in [3.8, 4) is 0 Å². The molecule has 0 aliphatic heterocycles. The van der Waals surface area contributed by atoms with Crippen LogP contribution < -0.4 is 5.73 Å². The third-order valence-corrected chi connectivity index (χ3v) is 2.90. The van der Waals surface area contributed by atoms with E-state index < -0.39 is 17.5 Å². The van der Waals surface area contributed by atoms with Crippen LogP contribution in [0.3, 0.4) is 0 Å². The molecular weight excluding hydrogens is 270 g/mol. The molecule has 2 rings (SSSR count). The molecule has 0 unspecified atom stereocenters. The predicted molar refractivity (Wildman–Crippen MR) is 80.5 cm³/mol. The van der Waals surface area contributed by atoms with Crippen molar-refractivity contribution < 1.29 is 19.4 Å². The Hall–Kier alpha value is -2.56. The lowest BCUT2D eigenvalue weighted by atomic mass is 9.97. The molecule has 0 bridgehead atoms. The minimum Gasteiger partial charge on any atom is -0.478 e. The number of carbonyl (C=O) groups excluding carboxylic acids is 1. The topological polar surface area (TPSA) is 89.6 Å². The van der Waals surface area contributed by atoms with Gasteiger partial charge >= 0.3 is 11.9 Å². The molecule has 2 aromatic rings. The Morgan fingerprint density at radius 1 is 1.14 bits per heavy atom. The standard InChI is InChI=1S/C16H17NO4/c1-16(2,3)21-15(20)12-10-7-5-4-6-9(10)8-11(17)13(12)14(18)19/h4-8H,17H2,1-3H3,(H,18,19). The molecule has 0 amide bonds. The third-order valence-electron chi connectivity index (χ3n) is 2.90. The molecule has 0 fully saturated rings. The Labute approximate surface area is 122 Å². The van der Waals surface area contributed by atoms with Gasteiger partial charge in [0.25, 0.3) is 0 Å². The van der Waals surface area contributed by atoms with Gasteiger partial charge in [-0.1, -0.05) is 24.3 Å². The summed E-state index contributed by atoms with van der Waals surface area (Å²) in [6, 6.07) is 8.53. The van der Waals surface area contributed by atoms with Gasteiger partial charge in [0, 0.05) is 5.69 Å². The van der Waals surface area contributed by atoms with E-state index in [1.54, 1.807) is 51.1 Å². The average Bonchev–Trinajstić information content (AvgIpc) is 2.34. The largest absolute Gasteiger partial charge is 0.478 e. The molecule has 0 spiro atoms.